The van der Waals surface area contributed by atoms with Gasteiger partial charge in [0.25, 0.3) is 0 Å². The summed E-state index contributed by atoms with van der Waals surface area (Å²) in [5.74, 6) is 0.466. The Morgan fingerprint density at radius 2 is 0.623 bits per heavy atom. The molecule has 0 bridgehead atoms. The molecule has 6 aliphatic heterocycles. The smallest absolute Gasteiger partial charge is 0.243 e. The monoisotopic (exact) mass is 1980 g/mol. The number of anilines is 3. The molecule has 6 aliphatic rings. The lowest BCUT2D eigenvalue weighted by atomic mass is 9.91. The molecular weight excluding hydrogens is 1850 g/mol. The van der Waals surface area contributed by atoms with Crippen LogP contribution in [0, 0.1) is 56.3 Å². The fraction of sp³-hybridized carbons (Fsp3) is 0.580. The van der Waals surface area contributed by atoms with E-state index in [4.69, 9.17) is 42.0 Å². The summed E-state index contributed by atoms with van der Waals surface area (Å²) in [6.45, 7) is 28.3. The number of aryl methyl sites for hydroxylation is 3. The predicted molar refractivity (Wildman–Crippen MR) is 530 cm³/mol. The van der Waals surface area contributed by atoms with Crippen LogP contribution in [-0.2, 0) is 57.2 Å². The van der Waals surface area contributed by atoms with Gasteiger partial charge in [0.05, 0.1) is 84.7 Å². The molecule has 3 aromatic carbocycles. The van der Waals surface area contributed by atoms with Crippen LogP contribution in [0.25, 0.3) is 31.3 Å². The number of carbonyl (C=O) groups is 6. The van der Waals surface area contributed by atoms with Gasteiger partial charge in [0.2, 0.25) is 35.4 Å². The molecule has 0 saturated carbocycles. The van der Waals surface area contributed by atoms with E-state index in [1.165, 1.54) is 21.0 Å². The van der Waals surface area contributed by atoms with Crippen LogP contribution in [0.4, 0.5) is 21.3 Å². The molecule has 33 nitrogen and oxygen atoms in total. The summed E-state index contributed by atoms with van der Waals surface area (Å²) in [5, 5.41) is 53.9. The zero-order chi connectivity index (χ0) is 99.5. The molecule has 1 unspecified atom stereocenters. The maximum atomic E-state index is 14.1. The molecule has 6 amide bonds. The lowest BCUT2D eigenvalue weighted by molar-refractivity contribution is -0.141. The SMILES string of the molecule is COC(OC)C1CCN(c2cc(C(C(=O)N3C[C@H](O)C[C@H]3C(=O)N[C@@H](C)c3ccc(-c4scnc4C)cc3)C(C)C)on2)CC1.COC(OC)C1CCN(c2cc([C@@H](C(=O)N3C[C@H](O)C[C@H]3C(=O)N[C@@H](C)c3ccc(-c4scnc4C)cc3)C(C)C)on2)CC1.COC(OC)C1CCN(c2cc([C@H](C(=O)N3C[C@H](O)C[C@H]3C(=O)N[C@@H](C)c3ccc(-c4scnc4C)cc3)C(C)C)on2)CC1.CSF. The van der Waals surface area contributed by atoms with Crippen molar-refractivity contribution in [3.8, 4) is 31.3 Å². The number of ether oxygens (including phenoxy) is 6. The number of likely N-dealkylation sites (tertiary alicyclic amines) is 3. The number of β-amino-alcohol motifs (C(OH)–C–C–N with tert-alkyl or cyclic N) is 3. The number of hydrogen-bond acceptors (Lipinski definition) is 31. The van der Waals surface area contributed by atoms with Crippen LogP contribution in [0.15, 0.2) is 121 Å². The molecule has 0 aliphatic carbocycles. The minimum Gasteiger partial charge on any atom is -0.391 e. The van der Waals surface area contributed by atoms with E-state index in [9.17, 15) is 48.0 Å². The molecule has 0 spiro atoms. The second-order valence-corrected chi connectivity index (χ2v) is 40.5. The Bertz CT molecular complexity index is 4830. The van der Waals surface area contributed by atoms with E-state index in [-0.39, 0.29) is 141 Å². The van der Waals surface area contributed by atoms with Crippen molar-refractivity contribution in [2.24, 2.45) is 35.5 Å². The minimum atomic E-state index is -0.788. The third kappa shape index (κ3) is 26.2. The van der Waals surface area contributed by atoms with Crippen LogP contribution in [0.3, 0.4) is 0 Å². The van der Waals surface area contributed by atoms with Crippen molar-refractivity contribution in [3.05, 3.63) is 159 Å². The fourth-order valence-electron chi connectivity index (χ4n) is 19.7. The van der Waals surface area contributed by atoms with Gasteiger partial charge in [-0.05, 0) is 131 Å². The molecular formula is C100H138FN15O18S4. The van der Waals surface area contributed by atoms with Gasteiger partial charge in [0, 0.05) is 175 Å². The number of nitrogens with zero attached hydrogens (tertiary/aromatic N) is 12. The first kappa shape index (κ1) is 107. The minimum absolute atomic E-state index is 0.0894. The van der Waals surface area contributed by atoms with Gasteiger partial charge in [-0.25, -0.2) is 15.0 Å². The second kappa shape index (κ2) is 50.1. The highest BCUT2D eigenvalue weighted by Gasteiger charge is 2.48. The van der Waals surface area contributed by atoms with Gasteiger partial charge in [-0.3, -0.25) is 28.8 Å². The van der Waals surface area contributed by atoms with Gasteiger partial charge < -0.3 is 103 Å². The van der Waals surface area contributed by atoms with E-state index in [0.29, 0.717) is 52.5 Å². The van der Waals surface area contributed by atoms with Gasteiger partial charge in [-0.15, -0.1) is 34.0 Å². The first-order valence-electron chi connectivity index (χ1n) is 47.6. The zero-order valence-electron chi connectivity index (χ0n) is 82.6. The van der Waals surface area contributed by atoms with Gasteiger partial charge in [0.1, 0.15) is 35.9 Å². The lowest BCUT2D eigenvalue weighted by Gasteiger charge is -2.34. The molecule has 6 fully saturated rings. The van der Waals surface area contributed by atoms with E-state index in [1.54, 1.807) is 76.7 Å². The van der Waals surface area contributed by atoms with Crippen molar-refractivity contribution >= 4 is 99.1 Å². The number of amides is 6. The highest BCUT2D eigenvalue weighted by Crippen LogP contribution is 2.41. The number of piperidine rings is 3. The number of benzene rings is 3. The number of thiazole rings is 3. The van der Waals surface area contributed by atoms with Crippen LogP contribution in [-0.4, -0.2) is 259 Å². The number of aliphatic hydroxyl groups excluding tert-OH is 3. The van der Waals surface area contributed by atoms with Crippen LogP contribution in [0.1, 0.15) is 207 Å². The Labute approximate surface area is 825 Å². The first-order valence-corrected chi connectivity index (χ1v) is 51.3. The van der Waals surface area contributed by atoms with E-state index < -0.39 is 54.2 Å². The average molecular weight is 1990 g/mol. The third-order valence-corrected chi connectivity index (χ3v) is 30.3. The van der Waals surface area contributed by atoms with Gasteiger partial charge in [-0.1, -0.05) is 130 Å². The summed E-state index contributed by atoms with van der Waals surface area (Å²) in [6, 6.07) is 26.5. The van der Waals surface area contributed by atoms with E-state index >= 15 is 0 Å². The molecule has 12 atom stereocenters. The maximum absolute atomic E-state index is 14.1. The summed E-state index contributed by atoms with van der Waals surface area (Å²) in [5.41, 5.74) is 14.6. The van der Waals surface area contributed by atoms with Crippen LogP contribution in [0.2, 0.25) is 0 Å². The molecule has 12 heterocycles. The number of rotatable bonds is 33. The largest absolute Gasteiger partial charge is 0.391 e. The van der Waals surface area contributed by atoms with Gasteiger partial charge in [-0.2, -0.15) is 3.89 Å². The summed E-state index contributed by atoms with van der Waals surface area (Å²) >= 11 is 5.04. The van der Waals surface area contributed by atoms with E-state index in [1.807, 2.05) is 191 Å². The van der Waals surface area contributed by atoms with Crippen LogP contribution >= 0.6 is 46.2 Å². The Morgan fingerprint density at radius 3 is 0.819 bits per heavy atom. The van der Waals surface area contributed by atoms with Crippen molar-refractivity contribution in [2.75, 3.05) is 123 Å². The molecule has 0 radical (unpaired) electrons. The van der Waals surface area contributed by atoms with Crippen molar-refractivity contribution in [3.63, 3.8) is 0 Å². The number of hydrogen-bond donors (Lipinski definition) is 6. The molecule has 38 heteroatoms. The topological polar surface area (TPSA) is 391 Å². The Kier molecular flexibility index (Phi) is 38.9. The summed E-state index contributed by atoms with van der Waals surface area (Å²) < 4.78 is 60.2. The Balaban J connectivity index is 0.000000183. The Hall–Kier alpha value is -9.68. The number of halogens is 1. The molecule has 752 valence electrons. The zero-order valence-corrected chi connectivity index (χ0v) is 85.9. The van der Waals surface area contributed by atoms with Crippen molar-refractivity contribution in [1.82, 2.24) is 61.1 Å². The lowest BCUT2D eigenvalue weighted by Crippen LogP contribution is -2.48. The molecule has 138 heavy (non-hydrogen) atoms. The number of methoxy groups -OCH3 is 6. The Morgan fingerprint density at radius 1 is 0.399 bits per heavy atom. The first-order chi connectivity index (χ1) is 66.2. The average Bonchev–Trinajstić information content (AvgIpc) is 1.67. The standard InChI is InChI=1S/3C33H45N5O6S.CH3FS/c3*1-19(2)29(27-16-28(36-44-27)37-13-11-24(12-14-37)33(42-5)43-6)32(41)38-17-25(39)15-26(38)31(40)35-20(3)22-7-9-23(10-8-22)30-21(4)34-18-45-30;1-3-2/h3*7-10,16,18-20,24-26,29,33,39H,11-15,17H2,1-6H3,(H,35,40);1H3/t20-,25+,26-,29?;20-,25+,26-,29+;20-,25+,26-,29-;/m000./s1. The van der Waals surface area contributed by atoms with Crippen molar-refractivity contribution in [2.45, 2.75) is 232 Å². The van der Waals surface area contributed by atoms with Crippen LogP contribution in [0.5, 0.6) is 0 Å². The predicted octanol–water partition coefficient (Wildman–Crippen LogP) is 14.8. The maximum Gasteiger partial charge on any atom is 0.243 e. The second-order valence-electron chi connectivity index (χ2n) is 37.6. The molecule has 15 rings (SSSR count). The highest BCUT2D eigenvalue weighted by atomic mass is 32.2. The number of aromatic nitrogens is 6. The summed E-state index contributed by atoms with van der Waals surface area (Å²) in [7, 11) is 9.95. The highest BCUT2D eigenvalue weighted by molar-refractivity contribution is 7.93. The van der Waals surface area contributed by atoms with Gasteiger partial charge in [0.15, 0.2) is 53.6 Å². The van der Waals surface area contributed by atoms with Crippen molar-refractivity contribution < 1.29 is 90.0 Å². The molecule has 6 saturated heterocycles. The van der Waals surface area contributed by atoms with Crippen molar-refractivity contribution in [1.29, 1.82) is 0 Å². The van der Waals surface area contributed by atoms with Gasteiger partial charge >= 0.3 is 0 Å². The molecule has 6 N–H and O–H groups in total. The molecule has 6 aromatic heterocycles. The number of carbonyl (C=O) groups excluding carboxylic acids is 6. The fourth-order valence-corrected chi connectivity index (χ4v) is 22.2. The normalized spacial score (nSPS) is 20.3. The quantitative estimate of drug-likeness (QED) is 0.0208. The number of aliphatic hydroxyl groups is 3. The summed E-state index contributed by atoms with van der Waals surface area (Å²) in [4.78, 5) is 110. The van der Waals surface area contributed by atoms with E-state index in [2.05, 4.69) is 61.1 Å². The van der Waals surface area contributed by atoms with E-state index in [0.717, 1.165) is 143 Å². The van der Waals surface area contributed by atoms with Crippen LogP contribution < -0.4 is 30.7 Å². The number of nitrogens with one attached hydrogen (secondary N) is 3. The molecule has 9 aromatic rings. The third-order valence-electron chi connectivity index (χ3n) is 27.3. The summed E-state index contributed by atoms with van der Waals surface area (Å²) in [6.07, 6.45) is 4.18.